The van der Waals surface area contributed by atoms with Crippen LogP contribution in [0, 0.1) is 17.7 Å². The highest BCUT2D eigenvalue weighted by Crippen LogP contribution is 2.30. The van der Waals surface area contributed by atoms with E-state index in [-0.39, 0.29) is 18.2 Å². The number of halogens is 1. The molecule has 11 heteroatoms. The number of hydrogen-bond acceptors (Lipinski definition) is 7. The first kappa shape index (κ1) is 22.0. The molecule has 4 N–H and O–H groups in total. The molecule has 28 heavy (non-hydrogen) atoms. The lowest BCUT2D eigenvalue weighted by Gasteiger charge is -2.21. The molecule has 1 heterocycles. The minimum absolute atomic E-state index is 0.00458. The molecule has 1 aromatic heterocycles. The zero-order valence-electron chi connectivity index (χ0n) is 16.3. The molecular formula is C17H27FN6O3S. The Balaban J connectivity index is 2.07. The van der Waals surface area contributed by atoms with E-state index in [0.717, 1.165) is 25.7 Å². The number of thioether (sulfide) groups is 1. The Morgan fingerprint density at radius 3 is 2.57 bits per heavy atom. The number of aromatic nitrogens is 2. The van der Waals surface area contributed by atoms with Crippen LogP contribution in [0.4, 0.5) is 20.8 Å². The van der Waals surface area contributed by atoms with E-state index < -0.39 is 23.7 Å². The Bertz CT molecular complexity index is 700. The predicted octanol–water partition coefficient (Wildman–Crippen LogP) is 2.31. The van der Waals surface area contributed by atoms with Crippen LogP contribution in [0.1, 0.15) is 32.1 Å². The molecule has 0 aliphatic heterocycles. The average Bonchev–Trinajstić information content (AvgIpc) is 3.16. The van der Waals surface area contributed by atoms with Crippen molar-refractivity contribution in [1.29, 1.82) is 0 Å². The van der Waals surface area contributed by atoms with Crippen molar-refractivity contribution in [2.45, 2.75) is 37.3 Å². The zero-order chi connectivity index (χ0) is 20.7. The molecule has 9 nitrogen and oxygen atoms in total. The quantitative estimate of drug-likeness (QED) is 0.276. The summed E-state index contributed by atoms with van der Waals surface area (Å²) in [5, 5.41) is 11.5. The van der Waals surface area contributed by atoms with Crippen LogP contribution in [0.5, 0.6) is 0 Å². The maximum atomic E-state index is 14.6. The SMILES string of the molecule is CSc1nc(NNC(=O)[C@@H](CNC(=O)O)CC2CCCC2)c(F)c(N(C)C)n1. The first-order chi connectivity index (χ1) is 13.3. The van der Waals surface area contributed by atoms with Crippen molar-refractivity contribution in [2.75, 3.05) is 37.2 Å². The Kier molecular flexibility index (Phi) is 8.09. The number of nitrogens with zero attached hydrogens (tertiary/aromatic N) is 3. The summed E-state index contributed by atoms with van der Waals surface area (Å²) in [4.78, 5) is 33.1. The molecule has 1 atom stereocenters. The number of carbonyl (C=O) groups excluding carboxylic acids is 1. The summed E-state index contributed by atoms with van der Waals surface area (Å²) in [6, 6.07) is 0. The third-order valence-corrected chi connectivity index (χ3v) is 5.23. The van der Waals surface area contributed by atoms with Gasteiger partial charge in [0.05, 0.1) is 5.92 Å². The van der Waals surface area contributed by atoms with Crippen molar-refractivity contribution in [2.24, 2.45) is 11.8 Å². The third-order valence-electron chi connectivity index (χ3n) is 4.69. The van der Waals surface area contributed by atoms with Crippen molar-refractivity contribution < 1.29 is 19.1 Å². The van der Waals surface area contributed by atoms with Gasteiger partial charge in [-0.2, -0.15) is 4.39 Å². The van der Waals surface area contributed by atoms with E-state index in [0.29, 0.717) is 17.5 Å². The van der Waals surface area contributed by atoms with Crippen LogP contribution in [0.15, 0.2) is 5.16 Å². The largest absolute Gasteiger partial charge is 0.465 e. The highest BCUT2D eigenvalue weighted by molar-refractivity contribution is 7.98. The minimum atomic E-state index is -1.18. The third kappa shape index (κ3) is 6.11. The normalized spacial score (nSPS) is 15.1. The van der Waals surface area contributed by atoms with Crippen molar-refractivity contribution in [1.82, 2.24) is 20.7 Å². The minimum Gasteiger partial charge on any atom is -0.465 e. The second kappa shape index (κ2) is 10.3. The van der Waals surface area contributed by atoms with Gasteiger partial charge < -0.3 is 15.3 Å². The van der Waals surface area contributed by atoms with Crippen molar-refractivity contribution >= 4 is 35.4 Å². The molecule has 2 amide bonds. The summed E-state index contributed by atoms with van der Waals surface area (Å²) in [6.45, 7) is 0.00458. The van der Waals surface area contributed by atoms with Crippen LogP contribution < -0.4 is 21.1 Å². The van der Waals surface area contributed by atoms with Gasteiger partial charge >= 0.3 is 6.09 Å². The van der Waals surface area contributed by atoms with E-state index in [4.69, 9.17) is 5.11 Å². The lowest BCUT2D eigenvalue weighted by Crippen LogP contribution is -2.42. The van der Waals surface area contributed by atoms with Gasteiger partial charge in [-0.05, 0) is 18.6 Å². The fraction of sp³-hybridized carbons (Fsp3) is 0.647. The number of nitrogens with one attached hydrogen (secondary N) is 3. The molecule has 2 rings (SSSR count). The Morgan fingerprint density at radius 2 is 2.00 bits per heavy atom. The second-order valence-electron chi connectivity index (χ2n) is 6.97. The van der Waals surface area contributed by atoms with E-state index >= 15 is 0 Å². The average molecular weight is 415 g/mol. The number of rotatable bonds is 9. The van der Waals surface area contributed by atoms with Crippen LogP contribution >= 0.6 is 11.8 Å². The van der Waals surface area contributed by atoms with Gasteiger partial charge in [-0.1, -0.05) is 37.4 Å². The van der Waals surface area contributed by atoms with Crippen LogP contribution in [-0.4, -0.2) is 54.0 Å². The summed E-state index contributed by atoms with van der Waals surface area (Å²) in [6.07, 6.45) is 5.49. The molecule has 0 radical (unpaired) electrons. The zero-order valence-corrected chi connectivity index (χ0v) is 17.1. The molecule has 1 aromatic rings. The lowest BCUT2D eigenvalue weighted by molar-refractivity contribution is -0.124. The number of carbonyl (C=O) groups is 2. The monoisotopic (exact) mass is 414 g/mol. The topological polar surface area (TPSA) is 119 Å². The van der Waals surface area contributed by atoms with Crippen molar-refractivity contribution in [3.05, 3.63) is 5.82 Å². The molecule has 0 aromatic carbocycles. The lowest BCUT2D eigenvalue weighted by atomic mass is 9.92. The Hall–Kier alpha value is -2.30. The molecule has 1 fully saturated rings. The molecule has 1 saturated carbocycles. The van der Waals surface area contributed by atoms with Crippen LogP contribution in [0.25, 0.3) is 0 Å². The number of hydrazine groups is 1. The number of amides is 2. The van der Waals surface area contributed by atoms with E-state index in [1.807, 2.05) is 0 Å². The van der Waals surface area contributed by atoms with Gasteiger partial charge in [0.25, 0.3) is 0 Å². The summed E-state index contributed by atoms with van der Waals surface area (Å²) in [7, 11) is 3.32. The van der Waals surface area contributed by atoms with Gasteiger partial charge in [-0.15, -0.1) is 0 Å². The summed E-state index contributed by atoms with van der Waals surface area (Å²) >= 11 is 1.25. The molecular weight excluding hydrogens is 387 g/mol. The Labute approximate surface area is 167 Å². The smallest absolute Gasteiger partial charge is 0.404 e. The first-order valence-electron chi connectivity index (χ1n) is 9.13. The van der Waals surface area contributed by atoms with Gasteiger partial charge in [-0.3, -0.25) is 15.6 Å². The second-order valence-corrected chi connectivity index (χ2v) is 7.75. The van der Waals surface area contributed by atoms with E-state index in [1.54, 1.807) is 20.4 Å². The van der Waals surface area contributed by atoms with Gasteiger partial charge in [0.1, 0.15) is 0 Å². The summed E-state index contributed by atoms with van der Waals surface area (Å²) < 4.78 is 14.6. The van der Waals surface area contributed by atoms with Gasteiger partial charge in [0.15, 0.2) is 16.8 Å². The molecule has 1 aliphatic rings. The summed E-state index contributed by atoms with van der Waals surface area (Å²) in [5.41, 5.74) is 5.01. The molecule has 0 saturated heterocycles. The van der Waals surface area contributed by atoms with Gasteiger partial charge in [0, 0.05) is 20.6 Å². The number of carboxylic acid groups (broad SMARTS) is 1. The number of anilines is 2. The fourth-order valence-electron chi connectivity index (χ4n) is 3.25. The molecule has 156 valence electrons. The molecule has 0 bridgehead atoms. The predicted molar refractivity (Wildman–Crippen MR) is 106 cm³/mol. The maximum absolute atomic E-state index is 14.6. The first-order valence-corrected chi connectivity index (χ1v) is 10.4. The maximum Gasteiger partial charge on any atom is 0.404 e. The highest BCUT2D eigenvalue weighted by Gasteiger charge is 2.26. The van der Waals surface area contributed by atoms with E-state index in [1.165, 1.54) is 16.7 Å². The standard InChI is InChI=1S/C17H27FN6O3S/c1-24(2)14-12(18)13(20-16(21-14)28-3)22-23-15(25)11(9-19-17(26)27)8-10-6-4-5-7-10/h10-11,19H,4-9H2,1-3H3,(H,23,25)(H,26,27)(H,20,21,22)/t11-/m1/s1. The number of hydrogen-bond donors (Lipinski definition) is 4. The molecule has 0 unspecified atom stereocenters. The summed E-state index contributed by atoms with van der Waals surface area (Å²) in [5.74, 6) is -1.28. The fourth-order valence-corrected chi connectivity index (χ4v) is 3.61. The van der Waals surface area contributed by atoms with E-state index in [2.05, 4.69) is 26.1 Å². The van der Waals surface area contributed by atoms with Crippen LogP contribution in [0.3, 0.4) is 0 Å². The van der Waals surface area contributed by atoms with Crippen LogP contribution in [0.2, 0.25) is 0 Å². The highest BCUT2D eigenvalue weighted by atomic mass is 32.2. The van der Waals surface area contributed by atoms with Gasteiger partial charge in [0.2, 0.25) is 11.7 Å². The van der Waals surface area contributed by atoms with Crippen molar-refractivity contribution in [3.8, 4) is 0 Å². The van der Waals surface area contributed by atoms with E-state index in [9.17, 15) is 14.0 Å². The van der Waals surface area contributed by atoms with Gasteiger partial charge in [-0.25, -0.2) is 14.8 Å². The molecule has 1 aliphatic carbocycles. The van der Waals surface area contributed by atoms with Crippen molar-refractivity contribution in [3.63, 3.8) is 0 Å². The van der Waals surface area contributed by atoms with Crippen LogP contribution in [-0.2, 0) is 4.79 Å². The Morgan fingerprint density at radius 1 is 1.32 bits per heavy atom. The molecule has 0 spiro atoms.